The van der Waals surface area contributed by atoms with Crippen molar-refractivity contribution in [2.24, 2.45) is 16.8 Å². The molecule has 2 aliphatic heterocycles. The van der Waals surface area contributed by atoms with Gasteiger partial charge in [-0.25, -0.2) is 8.42 Å². The first-order valence-electron chi connectivity index (χ1n) is 8.35. The van der Waals surface area contributed by atoms with E-state index in [1.165, 1.54) is 6.42 Å². The van der Waals surface area contributed by atoms with Crippen molar-refractivity contribution in [1.82, 2.24) is 9.62 Å². The lowest BCUT2D eigenvalue weighted by molar-refractivity contribution is 0.140. The molecule has 0 radical (unpaired) electrons. The van der Waals surface area contributed by atoms with Crippen molar-refractivity contribution in [2.75, 3.05) is 26.2 Å². The van der Waals surface area contributed by atoms with E-state index < -0.39 is 10.0 Å². The minimum absolute atomic E-state index is 0.331. The van der Waals surface area contributed by atoms with Gasteiger partial charge in [0.2, 0.25) is 0 Å². The van der Waals surface area contributed by atoms with Crippen LogP contribution in [0, 0.1) is 11.8 Å². The van der Waals surface area contributed by atoms with Crippen LogP contribution in [0.4, 0.5) is 0 Å². The van der Waals surface area contributed by atoms with E-state index in [4.69, 9.17) is 0 Å². The van der Waals surface area contributed by atoms with Crippen LogP contribution in [0.25, 0.3) is 0 Å². The van der Waals surface area contributed by atoms with E-state index in [1.807, 2.05) is 6.07 Å². The fraction of sp³-hybridized carbons (Fsp3) is 0.588. The van der Waals surface area contributed by atoms with Crippen molar-refractivity contribution in [3.8, 4) is 0 Å². The predicted octanol–water partition coefficient (Wildman–Crippen LogP) is 2.09. The molecule has 2 aliphatic rings. The molecule has 6 heteroatoms. The number of amidine groups is 1. The van der Waals surface area contributed by atoms with Gasteiger partial charge in [0.05, 0.1) is 4.90 Å². The van der Waals surface area contributed by atoms with Gasteiger partial charge in [-0.2, -0.15) is 0 Å². The molecule has 0 saturated carbocycles. The maximum Gasteiger partial charge on any atom is 0.263 e. The Morgan fingerprint density at radius 3 is 2.65 bits per heavy atom. The van der Waals surface area contributed by atoms with Gasteiger partial charge in [-0.05, 0) is 43.4 Å². The highest BCUT2D eigenvalue weighted by molar-refractivity contribution is 7.90. The predicted molar refractivity (Wildman–Crippen MR) is 92.2 cm³/mol. The Kier molecular flexibility index (Phi) is 4.73. The molecule has 1 aromatic carbocycles. The smallest absolute Gasteiger partial charge is 0.263 e. The fourth-order valence-electron chi connectivity index (χ4n) is 3.71. The van der Waals surface area contributed by atoms with E-state index in [2.05, 4.69) is 28.5 Å². The van der Waals surface area contributed by atoms with Crippen LogP contribution in [0.1, 0.15) is 32.3 Å². The molecule has 3 rings (SSSR count). The largest absolute Gasteiger partial charge is 0.303 e. The summed E-state index contributed by atoms with van der Waals surface area (Å²) in [6, 6.07) is 7.00. The molecule has 1 fully saturated rings. The van der Waals surface area contributed by atoms with Crippen molar-refractivity contribution in [1.29, 1.82) is 0 Å². The molecule has 0 unspecified atom stereocenters. The molecule has 0 amide bonds. The van der Waals surface area contributed by atoms with Crippen molar-refractivity contribution in [3.63, 3.8) is 0 Å². The summed E-state index contributed by atoms with van der Waals surface area (Å²) in [5.41, 5.74) is 0.688. The first-order valence-corrected chi connectivity index (χ1v) is 9.83. The summed E-state index contributed by atoms with van der Waals surface area (Å²) in [4.78, 5) is 7.32. The van der Waals surface area contributed by atoms with Crippen LogP contribution < -0.4 is 4.72 Å². The molecule has 2 atom stereocenters. The maximum atomic E-state index is 12.0. The maximum absolute atomic E-state index is 12.0. The third-order valence-corrected chi connectivity index (χ3v) is 5.91. The second-order valence-corrected chi connectivity index (χ2v) is 8.54. The Bertz CT molecular complexity index is 690. The van der Waals surface area contributed by atoms with Gasteiger partial charge in [-0.1, -0.05) is 26.0 Å². The van der Waals surface area contributed by atoms with Gasteiger partial charge in [0, 0.05) is 25.2 Å². The van der Waals surface area contributed by atoms with Crippen LogP contribution >= 0.6 is 0 Å². The Balaban J connectivity index is 1.57. The Hall–Kier alpha value is -1.40. The highest BCUT2D eigenvalue weighted by Gasteiger charge is 2.29. The van der Waals surface area contributed by atoms with Gasteiger partial charge in [-0.3, -0.25) is 9.71 Å². The second kappa shape index (κ2) is 6.61. The number of fused-ring (bicyclic) bond motifs is 1. The van der Waals surface area contributed by atoms with E-state index in [1.54, 1.807) is 18.2 Å². The zero-order valence-electron chi connectivity index (χ0n) is 13.8. The van der Waals surface area contributed by atoms with E-state index in [9.17, 15) is 8.42 Å². The van der Waals surface area contributed by atoms with Crippen molar-refractivity contribution in [3.05, 3.63) is 29.8 Å². The average Bonchev–Trinajstić information content (AvgIpc) is 2.75. The number of sulfonamides is 1. The number of rotatable bonds is 4. The van der Waals surface area contributed by atoms with Gasteiger partial charge in [0.1, 0.15) is 5.84 Å². The number of nitrogens with zero attached hydrogens (tertiary/aromatic N) is 2. The molecule has 0 aromatic heterocycles. The quantitative estimate of drug-likeness (QED) is 0.857. The Morgan fingerprint density at radius 2 is 1.91 bits per heavy atom. The molecule has 0 aliphatic carbocycles. The highest BCUT2D eigenvalue weighted by Crippen LogP contribution is 2.23. The molecular weight excluding hydrogens is 310 g/mol. The van der Waals surface area contributed by atoms with Gasteiger partial charge in [0.25, 0.3) is 10.0 Å². The molecule has 0 spiro atoms. The molecule has 2 heterocycles. The third-order valence-electron chi connectivity index (χ3n) is 4.51. The van der Waals surface area contributed by atoms with E-state index in [0.29, 0.717) is 22.8 Å². The molecule has 1 saturated heterocycles. The average molecular weight is 335 g/mol. The second-order valence-electron chi connectivity index (χ2n) is 6.89. The first-order chi connectivity index (χ1) is 11.0. The molecule has 126 valence electrons. The Labute approximate surface area is 138 Å². The highest BCUT2D eigenvalue weighted by atomic mass is 32.2. The van der Waals surface area contributed by atoms with E-state index >= 15 is 0 Å². The van der Waals surface area contributed by atoms with Gasteiger partial charge < -0.3 is 4.90 Å². The zero-order chi connectivity index (χ0) is 16.4. The number of benzene rings is 1. The molecule has 23 heavy (non-hydrogen) atoms. The summed E-state index contributed by atoms with van der Waals surface area (Å²) < 4.78 is 26.6. The SMILES string of the molecule is C[C@@H]1C[C@H](C)CN(CCCN=C2NS(=O)(=O)c3ccccc32)C1. The molecule has 1 N–H and O–H groups in total. The van der Waals surface area contributed by atoms with Crippen LogP contribution in [0.2, 0.25) is 0 Å². The van der Waals surface area contributed by atoms with Crippen molar-refractivity contribution >= 4 is 15.9 Å². The third kappa shape index (κ3) is 3.75. The first kappa shape index (κ1) is 16.5. The zero-order valence-corrected chi connectivity index (χ0v) is 14.6. The number of piperidine rings is 1. The number of aliphatic imine (C=N–C) groups is 1. The monoisotopic (exact) mass is 335 g/mol. The number of hydrogen-bond donors (Lipinski definition) is 1. The van der Waals surface area contributed by atoms with Crippen LogP contribution in [0.15, 0.2) is 34.2 Å². The van der Waals surface area contributed by atoms with E-state index in [-0.39, 0.29) is 0 Å². The van der Waals surface area contributed by atoms with Crippen LogP contribution in [0.3, 0.4) is 0 Å². The summed E-state index contributed by atoms with van der Waals surface area (Å²) in [5, 5.41) is 0. The molecular formula is C17H25N3O2S. The lowest BCUT2D eigenvalue weighted by Gasteiger charge is -2.34. The standard InChI is InChI=1S/C17H25N3O2S/c1-13-10-14(2)12-20(11-13)9-5-8-18-17-15-6-3-4-7-16(15)23(21,22)19-17/h3-4,6-7,13-14H,5,8-12H2,1-2H3,(H,18,19)/t13-,14+. The summed E-state index contributed by atoms with van der Waals surface area (Å²) in [6.07, 6.45) is 2.27. The summed E-state index contributed by atoms with van der Waals surface area (Å²) in [7, 11) is -3.42. The Morgan fingerprint density at radius 1 is 1.22 bits per heavy atom. The molecule has 1 aromatic rings. The molecule has 5 nitrogen and oxygen atoms in total. The summed E-state index contributed by atoms with van der Waals surface area (Å²) >= 11 is 0. The van der Waals surface area contributed by atoms with Gasteiger partial charge >= 0.3 is 0 Å². The minimum Gasteiger partial charge on any atom is -0.303 e. The van der Waals surface area contributed by atoms with Crippen LogP contribution in [-0.2, 0) is 10.0 Å². The lowest BCUT2D eigenvalue weighted by Crippen LogP contribution is -2.39. The minimum atomic E-state index is -3.42. The topological polar surface area (TPSA) is 61.8 Å². The van der Waals surface area contributed by atoms with Gasteiger partial charge in [-0.15, -0.1) is 0 Å². The van der Waals surface area contributed by atoms with Crippen molar-refractivity contribution < 1.29 is 8.42 Å². The van der Waals surface area contributed by atoms with Gasteiger partial charge in [0.15, 0.2) is 0 Å². The lowest BCUT2D eigenvalue weighted by atomic mass is 9.92. The number of hydrogen-bond acceptors (Lipinski definition) is 4. The fourth-order valence-corrected chi connectivity index (χ4v) is 4.96. The van der Waals surface area contributed by atoms with Crippen molar-refractivity contribution in [2.45, 2.75) is 31.6 Å². The number of likely N-dealkylation sites (tertiary alicyclic amines) is 1. The summed E-state index contributed by atoms with van der Waals surface area (Å²) in [6.45, 7) is 8.62. The number of nitrogens with one attached hydrogen (secondary N) is 1. The summed E-state index contributed by atoms with van der Waals surface area (Å²) in [5.74, 6) is 2.01. The van der Waals surface area contributed by atoms with Crippen LogP contribution in [-0.4, -0.2) is 45.3 Å². The van der Waals surface area contributed by atoms with E-state index in [0.717, 1.165) is 37.9 Å². The van der Waals surface area contributed by atoms with Crippen LogP contribution in [0.5, 0.6) is 0 Å². The molecule has 0 bridgehead atoms. The normalized spacial score (nSPS) is 28.5.